The van der Waals surface area contributed by atoms with Crippen molar-refractivity contribution in [3.8, 4) is 22.7 Å². The van der Waals surface area contributed by atoms with Gasteiger partial charge in [-0.05, 0) is 42.5 Å². The summed E-state index contributed by atoms with van der Waals surface area (Å²) in [6, 6.07) is 24.3. The Kier molecular flexibility index (Phi) is 4.10. The molecule has 5 heteroatoms. The van der Waals surface area contributed by atoms with Crippen molar-refractivity contribution in [3.05, 3.63) is 83.5 Å². The molecule has 0 unspecified atom stereocenters. The van der Waals surface area contributed by atoms with Gasteiger partial charge in [0.1, 0.15) is 11.4 Å². The molecule has 136 valence electrons. The van der Waals surface area contributed by atoms with Crippen molar-refractivity contribution >= 4 is 37.7 Å². The van der Waals surface area contributed by atoms with Gasteiger partial charge in [-0.15, -0.1) is 0 Å². The minimum atomic E-state index is 0.799. The average molecular weight is 430 g/mol. The Morgan fingerprint density at radius 1 is 0.893 bits per heavy atom. The topological polar surface area (TPSA) is 39.9 Å². The van der Waals surface area contributed by atoms with Crippen molar-refractivity contribution < 1.29 is 4.74 Å². The van der Waals surface area contributed by atoms with Gasteiger partial charge in [-0.25, -0.2) is 4.68 Å². The Bertz CT molecular complexity index is 1290. The molecule has 0 saturated carbocycles. The highest BCUT2D eigenvalue weighted by atomic mass is 79.9. The molecule has 0 amide bonds. The largest absolute Gasteiger partial charge is 0.497 e. The number of fused-ring (bicyclic) bond motifs is 3. The number of ether oxygens (including phenoxy) is 1. The van der Waals surface area contributed by atoms with E-state index in [1.165, 1.54) is 0 Å². The maximum Gasteiger partial charge on any atom is 0.119 e. The summed E-state index contributed by atoms with van der Waals surface area (Å²) >= 11 is 3.51. The lowest BCUT2D eigenvalue weighted by atomic mass is 10.1. The molecule has 0 radical (unpaired) electrons. The molecular formula is C23H16BrN3O. The minimum absolute atomic E-state index is 0.799. The van der Waals surface area contributed by atoms with Gasteiger partial charge in [0.25, 0.3) is 0 Å². The number of methoxy groups -OCH3 is 1. The summed E-state index contributed by atoms with van der Waals surface area (Å²) in [5, 5.41) is 7.00. The molecule has 0 aliphatic rings. The van der Waals surface area contributed by atoms with Crippen LogP contribution in [-0.4, -0.2) is 21.9 Å². The highest BCUT2D eigenvalue weighted by molar-refractivity contribution is 9.10. The van der Waals surface area contributed by atoms with Crippen molar-refractivity contribution in [2.75, 3.05) is 7.11 Å². The standard InChI is InChI=1S/C23H16BrN3O/c1-28-18-11-12-21-19(13-18)23-20(14-25-21)22(15-7-9-16(24)10-8-15)26-27(23)17-5-3-2-4-6-17/h2-14H,1H3. The van der Waals surface area contributed by atoms with E-state index in [1.807, 2.05) is 59.4 Å². The molecule has 2 heterocycles. The monoisotopic (exact) mass is 429 g/mol. The zero-order valence-corrected chi connectivity index (χ0v) is 16.7. The molecule has 0 aliphatic heterocycles. The number of rotatable bonds is 3. The van der Waals surface area contributed by atoms with Gasteiger partial charge in [0.2, 0.25) is 0 Å². The second-order valence-corrected chi connectivity index (χ2v) is 7.42. The van der Waals surface area contributed by atoms with Gasteiger partial charge in [-0.2, -0.15) is 5.10 Å². The Hall–Kier alpha value is -3.18. The quantitative estimate of drug-likeness (QED) is 0.352. The first-order valence-electron chi connectivity index (χ1n) is 8.91. The normalized spacial score (nSPS) is 11.2. The fourth-order valence-corrected chi connectivity index (χ4v) is 3.73. The third kappa shape index (κ3) is 2.75. The highest BCUT2D eigenvalue weighted by Gasteiger charge is 2.17. The number of pyridine rings is 1. The van der Waals surface area contributed by atoms with Gasteiger partial charge in [-0.1, -0.05) is 46.3 Å². The molecule has 2 aromatic heterocycles. The van der Waals surface area contributed by atoms with Crippen molar-refractivity contribution in [2.45, 2.75) is 0 Å². The van der Waals surface area contributed by atoms with E-state index in [9.17, 15) is 0 Å². The van der Waals surface area contributed by atoms with Gasteiger partial charge in [0.05, 0.1) is 23.8 Å². The molecule has 0 fully saturated rings. The third-order valence-electron chi connectivity index (χ3n) is 4.83. The first-order chi connectivity index (χ1) is 13.7. The van der Waals surface area contributed by atoms with Crippen LogP contribution >= 0.6 is 15.9 Å². The molecule has 5 rings (SSSR count). The summed E-state index contributed by atoms with van der Waals surface area (Å²) in [6.07, 6.45) is 1.91. The Balaban J connectivity index is 1.90. The summed E-state index contributed by atoms with van der Waals surface area (Å²) in [4.78, 5) is 4.68. The lowest BCUT2D eigenvalue weighted by Gasteiger charge is -2.07. The van der Waals surface area contributed by atoms with E-state index in [-0.39, 0.29) is 0 Å². The van der Waals surface area contributed by atoms with Gasteiger partial charge in [0.15, 0.2) is 0 Å². The average Bonchev–Trinajstić information content (AvgIpc) is 3.15. The van der Waals surface area contributed by atoms with Crippen LogP contribution in [0.5, 0.6) is 5.75 Å². The van der Waals surface area contributed by atoms with E-state index < -0.39 is 0 Å². The molecule has 0 bridgehead atoms. The van der Waals surface area contributed by atoms with Gasteiger partial charge in [-0.3, -0.25) is 4.98 Å². The SMILES string of the molecule is COc1ccc2ncc3c(-c4ccc(Br)cc4)nn(-c4ccccc4)c3c2c1. The lowest BCUT2D eigenvalue weighted by molar-refractivity contribution is 0.415. The van der Waals surface area contributed by atoms with Gasteiger partial charge >= 0.3 is 0 Å². The first-order valence-corrected chi connectivity index (χ1v) is 9.71. The van der Waals surface area contributed by atoms with Crippen molar-refractivity contribution in [1.82, 2.24) is 14.8 Å². The van der Waals surface area contributed by atoms with E-state index >= 15 is 0 Å². The molecular weight excluding hydrogens is 414 g/mol. The summed E-state index contributed by atoms with van der Waals surface area (Å²) in [5.41, 5.74) is 4.89. The second kappa shape index (κ2) is 6.77. The van der Waals surface area contributed by atoms with E-state index in [2.05, 4.69) is 45.2 Å². The molecule has 28 heavy (non-hydrogen) atoms. The van der Waals surface area contributed by atoms with Gasteiger partial charge in [0, 0.05) is 27.0 Å². The molecule has 3 aromatic carbocycles. The summed E-state index contributed by atoms with van der Waals surface area (Å²) in [5.74, 6) is 0.799. The number of nitrogens with zero attached hydrogens (tertiary/aromatic N) is 3. The van der Waals surface area contributed by atoms with Crippen LogP contribution in [0, 0.1) is 0 Å². The smallest absolute Gasteiger partial charge is 0.119 e. The van der Waals surface area contributed by atoms with E-state index in [1.54, 1.807) is 7.11 Å². The van der Waals surface area contributed by atoms with Crippen LogP contribution in [-0.2, 0) is 0 Å². The Labute approximate surface area is 170 Å². The number of hydrogen-bond acceptors (Lipinski definition) is 3. The van der Waals surface area contributed by atoms with E-state index in [0.29, 0.717) is 0 Å². The van der Waals surface area contributed by atoms with Crippen LogP contribution in [0.3, 0.4) is 0 Å². The number of halogens is 1. The molecule has 0 aliphatic carbocycles. The summed E-state index contributed by atoms with van der Waals surface area (Å²) in [6.45, 7) is 0. The fraction of sp³-hybridized carbons (Fsp3) is 0.0435. The lowest BCUT2D eigenvalue weighted by Crippen LogP contribution is -1.97. The second-order valence-electron chi connectivity index (χ2n) is 6.51. The summed E-state index contributed by atoms with van der Waals surface area (Å²) < 4.78 is 8.49. The van der Waals surface area contributed by atoms with Crippen molar-refractivity contribution in [3.63, 3.8) is 0 Å². The summed E-state index contributed by atoms with van der Waals surface area (Å²) in [7, 11) is 1.68. The molecule has 0 spiro atoms. The number of aromatic nitrogens is 3. The van der Waals surface area contributed by atoms with E-state index in [0.717, 1.165) is 49.0 Å². The molecule has 5 aromatic rings. The number of para-hydroxylation sites is 1. The van der Waals surface area contributed by atoms with Crippen LogP contribution in [0.1, 0.15) is 0 Å². The van der Waals surface area contributed by atoms with E-state index in [4.69, 9.17) is 9.84 Å². The molecule has 4 nitrogen and oxygen atoms in total. The number of hydrogen-bond donors (Lipinski definition) is 0. The zero-order valence-electron chi connectivity index (χ0n) is 15.1. The first kappa shape index (κ1) is 17.0. The molecule has 0 N–H and O–H groups in total. The zero-order chi connectivity index (χ0) is 19.1. The minimum Gasteiger partial charge on any atom is -0.497 e. The highest BCUT2D eigenvalue weighted by Crippen LogP contribution is 2.35. The maximum atomic E-state index is 5.46. The van der Waals surface area contributed by atoms with Crippen molar-refractivity contribution in [1.29, 1.82) is 0 Å². The van der Waals surface area contributed by atoms with Crippen LogP contribution in [0.15, 0.2) is 83.5 Å². The van der Waals surface area contributed by atoms with Crippen LogP contribution < -0.4 is 4.74 Å². The van der Waals surface area contributed by atoms with Crippen molar-refractivity contribution in [2.24, 2.45) is 0 Å². The Morgan fingerprint density at radius 2 is 1.68 bits per heavy atom. The third-order valence-corrected chi connectivity index (χ3v) is 5.36. The predicted octanol–water partition coefficient (Wildman–Crippen LogP) is 6.01. The van der Waals surface area contributed by atoms with Gasteiger partial charge < -0.3 is 4.74 Å². The van der Waals surface area contributed by atoms with Crippen LogP contribution in [0.25, 0.3) is 38.8 Å². The molecule has 0 atom stereocenters. The maximum absolute atomic E-state index is 5.46. The Morgan fingerprint density at radius 3 is 2.43 bits per heavy atom. The molecule has 0 saturated heterocycles. The fourth-order valence-electron chi connectivity index (χ4n) is 3.47. The predicted molar refractivity (Wildman–Crippen MR) is 116 cm³/mol. The number of benzene rings is 3. The van der Waals surface area contributed by atoms with Crippen LogP contribution in [0.4, 0.5) is 0 Å². The van der Waals surface area contributed by atoms with Crippen LogP contribution in [0.2, 0.25) is 0 Å².